The van der Waals surface area contributed by atoms with Crippen LogP contribution in [0.5, 0.6) is 0 Å². The predicted octanol–water partition coefficient (Wildman–Crippen LogP) is 8.83. The highest BCUT2D eigenvalue weighted by molar-refractivity contribution is 7.11. The van der Waals surface area contributed by atoms with Crippen molar-refractivity contribution < 1.29 is 36.7 Å². The second-order valence-electron chi connectivity index (χ2n) is 21.8. The number of nitrogens with zero attached hydrogens (tertiary/aromatic N) is 4. The summed E-state index contributed by atoms with van der Waals surface area (Å²) in [6.07, 6.45) is 4.17. The van der Waals surface area contributed by atoms with Gasteiger partial charge in [0.1, 0.15) is 23.3 Å². The quantitative estimate of drug-likeness (QED) is 0.137. The summed E-state index contributed by atoms with van der Waals surface area (Å²) in [5, 5.41) is 0. The zero-order chi connectivity index (χ0) is 52.8. The first kappa shape index (κ1) is 56.8. The number of hydrogen-bond acceptors (Lipinski definition) is 10. The predicted molar refractivity (Wildman–Crippen MR) is 287 cm³/mol. The molecule has 381 valence electrons. The molecule has 3 saturated heterocycles. The molecule has 2 aromatic heterocycles. The monoisotopic (exact) mass is 994 g/mol. The average molecular weight is 993 g/mol. The molecule has 3 aliphatic rings. The van der Waals surface area contributed by atoms with Crippen LogP contribution in [0.15, 0.2) is 119 Å². The lowest BCUT2D eigenvalue weighted by atomic mass is 9.49. The Morgan fingerprint density at radius 2 is 0.836 bits per heavy atom. The van der Waals surface area contributed by atoms with Crippen molar-refractivity contribution in [3.63, 3.8) is 0 Å². The van der Waals surface area contributed by atoms with Crippen LogP contribution in [0, 0.1) is 18.6 Å². The first-order valence-corrected chi connectivity index (χ1v) is 24.3. The first-order chi connectivity index (χ1) is 33.5. The fraction of sp³-hybridized carbons (Fsp3) is 0.418. The Bertz CT molecular complexity index is 2960. The summed E-state index contributed by atoms with van der Waals surface area (Å²) < 4.78 is 67.5. The molecule has 0 atom stereocenters. The van der Waals surface area contributed by atoms with Gasteiger partial charge in [-0.05, 0) is 130 Å². The molecule has 9 rings (SSSR count). The van der Waals surface area contributed by atoms with E-state index in [0.717, 1.165) is 11.1 Å². The third-order valence-corrected chi connectivity index (χ3v) is 15.0. The average Bonchev–Trinajstić information content (AvgIpc) is 3.78. The van der Waals surface area contributed by atoms with E-state index in [-0.39, 0.29) is 47.8 Å². The number of aromatic nitrogens is 4. The first-order valence-electron chi connectivity index (χ1n) is 24.3. The summed E-state index contributed by atoms with van der Waals surface area (Å²) >= 11 is 0. The molecule has 12 nitrogen and oxygen atoms in total. The molecule has 0 N–H and O–H groups in total. The topological polar surface area (TPSA) is 125 Å². The molecule has 3 aliphatic heterocycles. The molecule has 0 bridgehead atoms. The maximum atomic E-state index is 15.0. The molecule has 73 heavy (non-hydrogen) atoms. The maximum absolute atomic E-state index is 15.0. The second kappa shape index (κ2) is 21.4. The van der Waals surface area contributed by atoms with E-state index in [1.165, 1.54) is 33.7 Å². The molecule has 0 saturated carbocycles. The third kappa shape index (κ3) is 12.1. The fourth-order valence-electron chi connectivity index (χ4n) is 8.05. The molecule has 3 radical (unpaired) electrons. The minimum atomic E-state index is -0.798. The molecule has 0 amide bonds. The van der Waals surface area contributed by atoms with Crippen molar-refractivity contribution in [1.29, 1.82) is 0 Å². The maximum Gasteiger partial charge on any atom is 0.497 e. The highest BCUT2D eigenvalue weighted by atomic mass is 19.1. The van der Waals surface area contributed by atoms with Gasteiger partial charge >= 0.3 is 21.1 Å². The van der Waals surface area contributed by atoms with Gasteiger partial charge in [0.05, 0.1) is 44.7 Å². The SMILES string of the molecule is CC1(C)OB(B2OC(C)(C)C(C)(C)O2)OC1(C)C.Cc1ccc(-c2cnc(Cc3ccccc3)n(C)c2=O)cc1F.Cn1c(Cc2ccccc2)ncc(-c2ccc(B3OC(C)(C)C(C)(C)O3)c(F)c2)c1=O.[B]. The molecule has 6 aromatic rings. The lowest BCUT2D eigenvalue weighted by Gasteiger charge is -2.32. The Hall–Kier alpha value is -5.48. The van der Waals surface area contributed by atoms with Gasteiger partial charge < -0.3 is 27.9 Å². The fourth-order valence-corrected chi connectivity index (χ4v) is 8.05. The van der Waals surface area contributed by atoms with Gasteiger partial charge in [-0.25, -0.2) is 18.7 Å². The second-order valence-corrected chi connectivity index (χ2v) is 21.8. The molecule has 0 spiro atoms. The number of hydrogen-bond donors (Lipinski definition) is 0. The molecular formula is C55H67B4F2N4O8. The van der Waals surface area contributed by atoms with Crippen LogP contribution in [0.1, 0.15) is 111 Å². The van der Waals surface area contributed by atoms with Gasteiger partial charge in [-0.3, -0.25) is 18.7 Å². The smallest absolute Gasteiger partial charge is 0.405 e. The van der Waals surface area contributed by atoms with E-state index >= 15 is 4.39 Å². The molecule has 0 aliphatic carbocycles. The number of rotatable bonds is 8. The van der Waals surface area contributed by atoms with Crippen LogP contribution in [0.3, 0.4) is 0 Å². The number of benzene rings is 4. The van der Waals surface area contributed by atoms with E-state index < -0.39 is 38.2 Å². The van der Waals surface area contributed by atoms with Crippen molar-refractivity contribution >= 4 is 35.0 Å². The van der Waals surface area contributed by atoms with E-state index in [1.807, 2.05) is 144 Å². The standard InChI is InChI=1S/C24H26BFN2O3.C19H17FN2O.C12H24B2O4.B/c1-23(2)24(3,4)31-25(30-23)19-12-11-17(14-20(19)26)18-15-27-21(28(5)22(18)29)13-16-9-7-6-8-10-16;1-13-8-9-15(11-17(13)20)16-12-21-18(22(2)19(16)23)10-14-6-4-3-5-7-14;1-9(2)10(3,4)16-13(15-9)14-17-11(5,6)12(7,8)18-14;/h6-12,14-15H,13H2,1-5H3;3-9,11-12H,10H2,1-2H3;1-8H3;. The van der Waals surface area contributed by atoms with Gasteiger partial charge in [-0.1, -0.05) is 84.9 Å². The van der Waals surface area contributed by atoms with Crippen LogP contribution < -0.4 is 16.6 Å². The van der Waals surface area contributed by atoms with Gasteiger partial charge in [-0.15, -0.1) is 0 Å². The van der Waals surface area contributed by atoms with Gasteiger partial charge in [0.25, 0.3) is 11.1 Å². The van der Waals surface area contributed by atoms with Crippen molar-refractivity contribution in [2.24, 2.45) is 14.1 Å². The van der Waals surface area contributed by atoms with Gasteiger partial charge in [0.2, 0.25) is 0 Å². The van der Waals surface area contributed by atoms with E-state index in [2.05, 4.69) is 9.97 Å². The van der Waals surface area contributed by atoms with Crippen LogP contribution in [-0.2, 0) is 54.9 Å². The summed E-state index contributed by atoms with van der Waals surface area (Å²) in [6.45, 7) is 25.6. The highest BCUT2D eigenvalue weighted by Gasteiger charge is 2.63. The molecule has 0 unspecified atom stereocenters. The Kier molecular flexibility index (Phi) is 16.7. The minimum Gasteiger partial charge on any atom is -0.405 e. The van der Waals surface area contributed by atoms with Crippen LogP contribution in [0.4, 0.5) is 8.78 Å². The van der Waals surface area contributed by atoms with Crippen LogP contribution in [0.2, 0.25) is 0 Å². The molecule has 3 fully saturated rings. The van der Waals surface area contributed by atoms with Gasteiger partial charge in [0.15, 0.2) is 0 Å². The van der Waals surface area contributed by atoms with Crippen molar-refractivity contribution in [3.05, 3.63) is 170 Å². The molecule has 5 heterocycles. The Balaban J connectivity index is 0.000000184. The zero-order valence-corrected chi connectivity index (χ0v) is 44.9. The highest BCUT2D eigenvalue weighted by Crippen LogP contribution is 2.43. The largest absolute Gasteiger partial charge is 0.497 e. The summed E-state index contributed by atoms with van der Waals surface area (Å²) in [6, 6.07) is 29.1. The van der Waals surface area contributed by atoms with E-state index in [1.54, 1.807) is 45.3 Å². The van der Waals surface area contributed by atoms with E-state index in [4.69, 9.17) is 27.9 Å². The summed E-state index contributed by atoms with van der Waals surface area (Å²) in [4.78, 5) is 34.4. The van der Waals surface area contributed by atoms with Gasteiger partial charge in [-0.2, -0.15) is 0 Å². The van der Waals surface area contributed by atoms with Crippen LogP contribution in [-0.4, -0.2) is 82.3 Å². The van der Waals surface area contributed by atoms with Crippen molar-refractivity contribution in [1.82, 2.24) is 19.1 Å². The normalized spacial score (nSPS) is 18.6. The van der Waals surface area contributed by atoms with Crippen LogP contribution in [0.25, 0.3) is 22.3 Å². The minimum absolute atomic E-state index is 0. The summed E-state index contributed by atoms with van der Waals surface area (Å²) in [5.74, 6) is 0.524. The number of aryl methyl sites for hydroxylation is 1. The third-order valence-electron chi connectivity index (χ3n) is 15.0. The molecule has 18 heteroatoms. The van der Waals surface area contributed by atoms with Crippen LogP contribution >= 0.6 is 0 Å². The summed E-state index contributed by atoms with van der Waals surface area (Å²) in [7, 11) is 1.63. The lowest BCUT2D eigenvalue weighted by molar-refractivity contribution is 0.00578. The van der Waals surface area contributed by atoms with Crippen molar-refractivity contribution in [2.45, 2.75) is 136 Å². The lowest BCUT2D eigenvalue weighted by Crippen LogP contribution is -2.41. The summed E-state index contributed by atoms with van der Waals surface area (Å²) in [5.41, 5.74) is 1.84. The van der Waals surface area contributed by atoms with E-state index in [9.17, 15) is 14.0 Å². The Morgan fingerprint density at radius 3 is 1.19 bits per heavy atom. The molecular weight excluding hydrogens is 926 g/mol. The van der Waals surface area contributed by atoms with Crippen molar-refractivity contribution in [3.8, 4) is 22.3 Å². The zero-order valence-electron chi connectivity index (χ0n) is 44.9. The van der Waals surface area contributed by atoms with Gasteiger partial charge in [0, 0.05) is 53.2 Å². The Morgan fingerprint density at radius 1 is 0.493 bits per heavy atom. The Labute approximate surface area is 432 Å². The number of halogens is 2. The van der Waals surface area contributed by atoms with Crippen molar-refractivity contribution in [2.75, 3.05) is 0 Å². The van der Waals surface area contributed by atoms with E-state index in [0.29, 0.717) is 57.8 Å². The molecule has 4 aromatic carbocycles.